The molecule has 2 atom stereocenters. The number of morpholine rings is 1. The highest BCUT2D eigenvalue weighted by atomic mass is 32.1. The fourth-order valence-corrected chi connectivity index (χ4v) is 5.65. The van der Waals surface area contributed by atoms with Crippen LogP contribution in [0.2, 0.25) is 0 Å². The van der Waals surface area contributed by atoms with Crippen LogP contribution in [0.25, 0.3) is 0 Å². The highest BCUT2D eigenvalue weighted by Crippen LogP contribution is 2.35. The van der Waals surface area contributed by atoms with Crippen LogP contribution >= 0.6 is 11.3 Å². The average Bonchev–Trinajstić information content (AvgIpc) is 3.10. The molecule has 2 aromatic heterocycles. The second-order valence-corrected chi connectivity index (χ2v) is 9.50. The van der Waals surface area contributed by atoms with E-state index < -0.39 is 0 Å². The molecule has 0 aliphatic carbocycles. The first kappa shape index (κ1) is 18.5. The SMILES string of the molecule is Cc1nc(CN2C[C@@H]3C[C@H](C2)c2ccc(CN4CCOCC4)c(=O)n2C3)cs1. The van der Waals surface area contributed by atoms with Gasteiger partial charge in [0.1, 0.15) is 0 Å². The summed E-state index contributed by atoms with van der Waals surface area (Å²) in [4.78, 5) is 22.7. The third kappa shape index (κ3) is 3.68. The minimum atomic E-state index is 0.224. The summed E-state index contributed by atoms with van der Waals surface area (Å²) < 4.78 is 7.51. The lowest BCUT2D eigenvalue weighted by molar-refractivity contribution is 0.0338. The van der Waals surface area contributed by atoms with E-state index in [1.807, 2.05) is 0 Å². The van der Waals surface area contributed by atoms with Crippen molar-refractivity contribution in [3.8, 4) is 0 Å². The van der Waals surface area contributed by atoms with Crippen molar-refractivity contribution in [2.75, 3.05) is 39.4 Å². The van der Waals surface area contributed by atoms with Crippen LogP contribution in [0.1, 0.15) is 34.3 Å². The molecule has 2 fully saturated rings. The molecule has 0 spiro atoms. The number of aromatic nitrogens is 2. The Morgan fingerprint density at radius 1 is 1.14 bits per heavy atom. The van der Waals surface area contributed by atoms with Gasteiger partial charge in [-0.1, -0.05) is 6.07 Å². The Kier molecular flexibility index (Phi) is 5.09. The van der Waals surface area contributed by atoms with Gasteiger partial charge in [0.05, 0.1) is 23.9 Å². The molecule has 28 heavy (non-hydrogen) atoms. The van der Waals surface area contributed by atoms with Crippen molar-refractivity contribution in [2.45, 2.75) is 38.9 Å². The molecular weight excluding hydrogens is 372 g/mol. The first-order chi connectivity index (χ1) is 13.7. The van der Waals surface area contributed by atoms with Crippen LogP contribution < -0.4 is 5.56 Å². The zero-order valence-electron chi connectivity index (χ0n) is 16.5. The highest BCUT2D eigenvalue weighted by Gasteiger charge is 2.35. The average molecular weight is 401 g/mol. The van der Waals surface area contributed by atoms with Crippen molar-refractivity contribution < 1.29 is 4.74 Å². The Labute approximate surface area is 169 Å². The second kappa shape index (κ2) is 7.71. The number of piperidine rings is 1. The maximum atomic E-state index is 13.2. The van der Waals surface area contributed by atoms with E-state index >= 15 is 0 Å². The Balaban J connectivity index is 1.34. The summed E-state index contributed by atoms with van der Waals surface area (Å²) >= 11 is 1.73. The second-order valence-electron chi connectivity index (χ2n) is 8.44. The van der Waals surface area contributed by atoms with Crippen LogP contribution in [-0.4, -0.2) is 58.7 Å². The molecule has 2 saturated heterocycles. The minimum Gasteiger partial charge on any atom is -0.379 e. The lowest BCUT2D eigenvalue weighted by atomic mass is 9.83. The number of pyridine rings is 1. The molecule has 0 aromatic carbocycles. The molecule has 0 radical (unpaired) electrons. The van der Waals surface area contributed by atoms with E-state index in [4.69, 9.17) is 4.74 Å². The van der Waals surface area contributed by atoms with Gasteiger partial charge in [0, 0.05) is 68.4 Å². The largest absolute Gasteiger partial charge is 0.379 e. The number of fused-ring (bicyclic) bond motifs is 4. The Bertz CT molecular complexity index is 902. The zero-order chi connectivity index (χ0) is 19.1. The summed E-state index contributed by atoms with van der Waals surface area (Å²) in [6.45, 7) is 10.0. The summed E-state index contributed by atoms with van der Waals surface area (Å²) in [6, 6.07) is 4.29. The number of hydrogen-bond donors (Lipinski definition) is 0. The lowest BCUT2D eigenvalue weighted by Gasteiger charge is -2.42. The molecule has 0 N–H and O–H groups in total. The maximum absolute atomic E-state index is 13.2. The van der Waals surface area contributed by atoms with Crippen molar-refractivity contribution >= 4 is 11.3 Å². The summed E-state index contributed by atoms with van der Waals surface area (Å²) in [6.07, 6.45) is 1.20. The van der Waals surface area contributed by atoms with Crippen LogP contribution in [0, 0.1) is 12.8 Å². The van der Waals surface area contributed by atoms with E-state index in [9.17, 15) is 4.79 Å². The molecule has 0 unspecified atom stereocenters. The molecule has 3 aliphatic rings. The first-order valence-electron chi connectivity index (χ1n) is 10.3. The van der Waals surface area contributed by atoms with Gasteiger partial charge in [0.25, 0.3) is 5.56 Å². The Morgan fingerprint density at radius 2 is 2.00 bits per heavy atom. The maximum Gasteiger partial charge on any atom is 0.255 e. The van der Waals surface area contributed by atoms with Gasteiger partial charge < -0.3 is 9.30 Å². The Hall–Kier alpha value is -1.54. The van der Waals surface area contributed by atoms with Crippen molar-refractivity contribution in [1.29, 1.82) is 0 Å². The van der Waals surface area contributed by atoms with Crippen LogP contribution in [0.4, 0.5) is 0 Å². The molecule has 0 amide bonds. The Morgan fingerprint density at radius 3 is 2.79 bits per heavy atom. The number of ether oxygens (including phenoxy) is 1. The summed E-state index contributed by atoms with van der Waals surface area (Å²) in [7, 11) is 0. The van der Waals surface area contributed by atoms with Crippen molar-refractivity contribution in [1.82, 2.24) is 19.4 Å². The molecule has 3 aliphatic heterocycles. The van der Waals surface area contributed by atoms with E-state index in [0.717, 1.165) is 69.6 Å². The van der Waals surface area contributed by atoms with Crippen LogP contribution in [0.15, 0.2) is 22.3 Å². The molecule has 7 heteroatoms. The van der Waals surface area contributed by atoms with E-state index in [0.29, 0.717) is 11.8 Å². The van der Waals surface area contributed by atoms with E-state index in [1.165, 1.54) is 17.8 Å². The first-order valence-corrected chi connectivity index (χ1v) is 11.2. The monoisotopic (exact) mass is 400 g/mol. The molecule has 150 valence electrons. The van der Waals surface area contributed by atoms with E-state index in [1.54, 1.807) is 11.3 Å². The van der Waals surface area contributed by atoms with Gasteiger partial charge in [-0.3, -0.25) is 14.6 Å². The summed E-state index contributed by atoms with van der Waals surface area (Å²) in [5, 5.41) is 3.31. The van der Waals surface area contributed by atoms with Gasteiger partial charge in [-0.25, -0.2) is 4.98 Å². The third-order valence-corrected chi connectivity index (χ3v) is 7.13. The molecule has 0 saturated carbocycles. The van der Waals surface area contributed by atoms with E-state index in [2.05, 4.69) is 43.8 Å². The minimum absolute atomic E-state index is 0.224. The van der Waals surface area contributed by atoms with Crippen LogP contribution in [-0.2, 0) is 24.4 Å². The standard InChI is InChI=1S/C21H28N4O2S/c1-15-22-19(14-28-15)13-24-9-16-8-18(12-24)20-3-2-17(21(26)25(20)10-16)11-23-4-6-27-7-5-23/h2-3,14,16,18H,4-13H2,1H3/t16-,18+/m0/s1. The predicted octanol–water partition coefficient (Wildman–Crippen LogP) is 2.06. The summed E-state index contributed by atoms with van der Waals surface area (Å²) in [5.41, 5.74) is 3.56. The van der Waals surface area contributed by atoms with Gasteiger partial charge in [-0.15, -0.1) is 11.3 Å². The molecule has 6 nitrogen and oxygen atoms in total. The van der Waals surface area contributed by atoms with E-state index in [-0.39, 0.29) is 5.56 Å². The van der Waals surface area contributed by atoms with Gasteiger partial charge in [0.2, 0.25) is 0 Å². The molecule has 5 rings (SSSR count). The number of likely N-dealkylation sites (tertiary alicyclic amines) is 1. The number of hydrogen-bond acceptors (Lipinski definition) is 6. The molecular formula is C21H28N4O2S. The number of thiazole rings is 1. The number of nitrogens with zero attached hydrogens (tertiary/aromatic N) is 4. The zero-order valence-corrected chi connectivity index (χ0v) is 17.3. The van der Waals surface area contributed by atoms with Gasteiger partial charge in [0.15, 0.2) is 0 Å². The van der Waals surface area contributed by atoms with Gasteiger partial charge >= 0.3 is 0 Å². The van der Waals surface area contributed by atoms with Crippen LogP contribution in [0.3, 0.4) is 0 Å². The molecule has 2 bridgehead atoms. The van der Waals surface area contributed by atoms with Crippen molar-refractivity contribution in [3.05, 3.63) is 49.8 Å². The topological polar surface area (TPSA) is 50.6 Å². The lowest BCUT2D eigenvalue weighted by Crippen LogP contribution is -2.47. The molecule has 2 aromatic rings. The van der Waals surface area contributed by atoms with Crippen LogP contribution in [0.5, 0.6) is 0 Å². The molecule has 5 heterocycles. The third-order valence-electron chi connectivity index (χ3n) is 6.31. The quantitative estimate of drug-likeness (QED) is 0.786. The fourth-order valence-electron chi connectivity index (χ4n) is 5.05. The number of aryl methyl sites for hydroxylation is 1. The normalized spacial score (nSPS) is 25.6. The van der Waals surface area contributed by atoms with Crippen molar-refractivity contribution in [3.63, 3.8) is 0 Å². The van der Waals surface area contributed by atoms with Gasteiger partial charge in [-0.05, 0) is 25.3 Å². The fraction of sp³-hybridized carbons (Fsp3) is 0.619. The number of rotatable bonds is 4. The highest BCUT2D eigenvalue weighted by molar-refractivity contribution is 7.09. The van der Waals surface area contributed by atoms with Gasteiger partial charge in [-0.2, -0.15) is 0 Å². The van der Waals surface area contributed by atoms with Crippen molar-refractivity contribution in [2.24, 2.45) is 5.92 Å². The smallest absolute Gasteiger partial charge is 0.255 e. The predicted molar refractivity (Wildman–Crippen MR) is 110 cm³/mol. The summed E-state index contributed by atoms with van der Waals surface area (Å²) in [5.74, 6) is 1.01.